The second-order valence-electron chi connectivity index (χ2n) is 1.55. The first-order valence-corrected chi connectivity index (χ1v) is 2.14. The molecule has 0 amide bonds. The molecule has 12 heavy (non-hydrogen) atoms. The van der Waals surface area contributed by atoms with Crippen LogP contribution in [0.1, 0.15) is 0 Å². The van der Waals surface area contributed by atoms with E-state index in [1.807, 2.05) is 0 Å². The Kier molecular flexibility index (Phi) is 5.59. The fourth-order valence-corrected chi connectivity index (χ4v) is 0.198. The van der Waals surface area contributed by atoms with Gasteiger partial charge in [-0.15, -0.1) is 0 Å². The van der Waals surface area contributed by atoms with Gasteiger partial charge in [-0.1, -0.05) is 0 Å². The molecule has 0 N–H and O–H groups in total. The molecule has 0 bridgehead atoms. The molecular weight excluding hydrogens is 209 g/mol. The van der Waals surface area contributed by atoms with Gasteiger partial charge in [-0.25, -0.2) is 0 Å². The topological polar surface area (TPSA) is 63.9 Å². The number of hydrogen-bond acceptors (Lipinski definition) is 3. The normalized spacial score (nSPS) is 11.2. The molecule has 0 saturated heterocycles. The average molecular weight is 209 g/mol. The molecule has 8 heteroatoms. The fraction of sp³-hybridized carbons (Fsp3) is 0.500. The minimum atomic E-state index is -5.44. The SMILES string of the molecule is N#CC(F)(F)C(F)(F)C(=O)[O-].[K+]. The van der Waals surface area contributed by atoms with Crippen LogP contribution in [0.2, 0.25) is 0 Å². The summed E-state index contributed by atoms with van der Waals surface area (Å²) in [5.41, 5.74) is 0. The predicted molar refractivity (Wildman–Crippen MR) is 20.5 cm³/mol. The summed E-state index contributed by atoms with van der Waals surface area (Å²) >= 11 is 0. The van der Waals surface area contributed by atoms with Crippen molar-refractivity contribution >= 4 is 5.97 Å². The third-order valence-electron chi connectivity index (χ3n) is 0.791. The van der Waals surface area contributed by atoms with Crippen LogP contribution in [0.3, 0.4) is 0 Å². The molecule has 0 radical (unpaired) electrons. The maximum absolute atomic E-state index is 11.7. The number of nitrogens with zero attached hydrogens (tertiary/aromatic N) is 1. The molecule has 62 valence electrons. The first kappa shape index (κ1) is 14.8. The number of alkyl halides is 4. The predicted octanol–water partition coefficient (Wildman–Crippen LogP) is -3.47. The van der Waals surface area contributed by atoms with Gasteiger partial charge in [0.2, 0.25) is 0 Å². The van der Waals surface area contributed by atoms with Crippen molar-refractivity contribution in [2.45, 2.75) is 11.8 Å². The summed E-state index contributed by atoms with van der Waals surface area (Å²) in [5.74, 6) is -13.9. The molecule has 0 atom stereocenters. The van der Waals surface area contributed by atoms with Crippen molar-refractivity contribution < 1.29 is 78.8 Å². The molecular formula is C4F4KNO2. The molecule has 0 fully saturated rings. The van der Waals surface area contributed by atoms with Crippen LogP contribution in [0, 0.1) is 11.3 Å². The largest absolute Gasteiger partial charge is 1.00 e. The van der Waals surface area contributed by atoms with Gasteiger partial charge in [-0.2, -0.15) is 22.8 Å². The Morgan fingerprint density at radius 1 is 1.33 bits per heavy atom. The van der Waals surface area contributed by atoms with E-state index in [0.717, 1.165) is 0 Å². The van der Waals surface area contributed by atoms with Crippen molar-refractivity contribution in [2.24, 2.45) is 0 Å². The van der Waals surface area contributed by atoms with Gasteiger partial charge in [0, 0.05) is 0 Å². The maximum atomic E-state index is 11.7. The number of aliphatic carboxylic acids is 1. The van der Waals surface area contributed by atoms with Crippen molar-refractivity contribution in [3.05, 3.63) is 0 Å². The van der Waals surface area contributed by atoms with E-state index >= 15 is 0 Å². The van der Waals surface area contributed by atoms with Crippen molar-refractivity contribution in [1.29, 1.82) is 5.26 Å². The van der Waals surface area contributed by atoms with E-state index < -0.39 is 17.8 Å². The van der Waals surface area contributed by atoms with E-state index in [1.54, 1.807) is 0 Å². The van der Waals surface area contributed by atoms with Crippen LogP contribution in [0.15, 0.2) is 0 Å². The molecule has 0 heterocycles. The van der Waals surface area contributed by atoms with Gasteiger partial charge in [-0.3, -0.25) is 0 Å². The quantitative estimate of drug-likeness (QED) is 0.350. The van der Waals surface area contributed by atoms with E-state index in [0.29, 0.717) is 0 Å². The van der Waals surface area contributed by atoms with Crippen LogP contribution in [-0.2, 0) is 4.79 Å². The summed E-state index contributed by atoms with van der Waals surface area (Å²) in [6, 6.07) is -0.141. The Hall–Kier alpha value is 0.316. The Labute approximate surface area is 107 Å². The Balaban J connectivity index is 0. The number of hydrogen-bond donors (Lipinski definition) is 0. The van der Waals surface area contributed by atoms with Gasteiger partial charge in [-0.05, 0) is 0 Å². The number of carbonyl (C=O) groups is 1. The molecule has 0 aromatic heterocycles. The van der Waals surface area contributed by atoms with Crippen LogP contribution < -0.4 is 56.5 Å². The zero-order chi connectivity index (χ0) is 9.28. The van der Waals surface area contributed by atoms with Gasteiger partial charge >= 0.3 is 63.2 Å². The van der Waals surface area contributed by atoms with Crippen molar-refractivity contribution in [1.82, 2.24) is 0 Å². The summed E-state index contributed by atoms with van der Waals surface area (Å²) in [5, 5.41) is 16.7. The smallest absolute Gasteiger partial charge is 0.544 e. The summed E-state index contributed by atoms with van der Waals surface area (Å²) in [7, 11) is 0. The summed E-state index contributed by atoms with van der Waals surface area (Å²) in [6.45, 7) is 0. The number of nitriles is 1. The van der Waals surface area contributed by atoms with Crippen molar-refractivity contribution in [3.8, 4) is 6.07 Å². The van der Waals surface area contributed by atoms with Gasteiger partial charge in [0.1, 0.15) is 12.0 Å². The van der Waals surface area contributed by atoms with Crippen LogP contribution >= 0.6 is 0 Å². The van der Waals surface area contributed by atoms with E-state index in [4.69, 9.17) is 5.26 Å². The van der Waals surface area contributed by atoms with E-state index in [2.05, 4.69) is 0 Å². The standard InChI is InChI=1S/C4HF4NO2.K/c5-3(6,1-9)4(7,8)2(10)11;/h(H,10,11);/q;+1/p-1. The van der Waals surface area contributed by atoms with Crippen molar-refractivity contribution in [2.75, 3.05) is 0 Å². The fourth-order valence-electron chi connectivity index (χ4n) is 0.198. The number of carboxylic acid groups (broad SMARTS) is 1. The molecule has 0 unspecified atom stereocenters. The molecule has 0 saturated carbocycles. The monoisotopic (exact) mass is 209 g/mol. The Morgan fingerprint density at radius 3 is 1.75 bits per heavy atom. The zero-order valence-electron chi connectivity index (χ0n) is 5.78. The van der Waals surface area contributed by atoms with Crippen LogP contribution in [-0.4, -0.2) is 17.8 Å². The second-order valence-corrected chi connectivity index (χ2v) is 1.55. The number of carboxylic acids is 1. The van der Waals surface area contributed by atoms with E-state index in [1.165, 1.54) is 0 Å². The van der Waals surface area contributed by atoms with Gasteiger partial charge in [0.25, 0.3) is 0 Å². The van der Waals surface area contributed by atoms with Crippen molar-refractivity contribution in [3.63, 3.8) is 0 Å². The molecule has 0 aromatic carbocycles. The molecule has 0 spiro atoms. The summed E-state index contributed by atoms with van der Waals surface area (Å²) in [6.07, 6.45) is 0. The minimum absolute atomic E-state index is 0. The summed E-state index contributed by atoms with van der Waals surface area (Å²) in [4.78, 5) is 9.33. The van der Waals surface area contributed by atoms with Crippen LogP contribution in [0.4, 0.5) is 17.6 Å². The second kappa shape index (κ2) is 4.52. The van der Waals surface area contributed by atoms with E-state index in [-0.39, 0.29) is 57.5 Å². The van der Waals surface area contributed by atoms with E-state index in [9.17, 15) is 27.5 Å². The van der Waals surface area contributed by atoms with Gasteiger partial charge < -0.3 is 9.90 Å². The van der Waals surface area contributed by atoms with Crippen LogP contribution in [0.5, 0.6) is 0 Å². The number of rotatable bonds is 2. The molecule has 3 nitrogen and oxygen atoms in total. The first-order chi connectivity index (χ1) is 4.75. The average Bonchev–Trinajstić information content (AvgIpc) is 1.87. The minimum Gasteiger partial charge on any atom is -0.544 e. The maximum Gasteiger partial charge on any atom is 1.00 e. The third kappa shape index (κ3) is 2.67. The molecule has 0 rings (SSSR count). The molecule has 0 aliphatic heterocycles. The zero-order valence-corrected chi connectivity index (χ0v) is 8.90. The molecule has 0 aliphatic carbocycles. The first-order valence-electron chi connectivity index (χ1n) is 2.14. The van der Waals surface area contributed by atoms with Gasteiger partial charge in [0.15, 0.2) is 0 Å². The third-order valence-corrected chi connectivity index (χ3v) is 0.791. The van der Waals surface area contributed by atoms with Gasteiger partial charge in [0.05, 0.1) is 0 Å². The Morgan fingerprint density at radius 2 is 1.67 bits per heavy atom. The number of carbonyl (C=O) groups excluding carboxylic acids is 1. The number of halogens is 4. The summed E-state index contributed by atoms with van der Waals surface area (Å²) < 4.78 is 46.7. The Bertz CT molecular complexity index is 224. The molecule has 0 aliphatic rings. The van der Waals surface area contributed by atoms with Crippen LogP contribution in [0.25, 0.3) is 0 Å². The molecule has 0 aromatic rings.